The predicted octanol–water partition coefficient (Wildman–Crippen LogP) is 3.47. The molecule has 1 heterocycles. The number of carbonyl (C=O) groups is 1. The number of hydrogen-bond donors (Lipinski definition) is 0. The van der Waals surface area contributed by atoms with Gasteiger partial charge in [0.25, 0.3) is 5.91 Å². The number of halogens is 1. The topological polar surface area (TPSA) is 38.8 Å². The van der Waals surface area contributed by atoms with Crippen LogP contribution < -0.4 is 9.47 Å². The molecule has 1 aliphatic rings. The van der Waals surface area contributed by atoms with Gasteiger partial charge in [-0.25, -0.2) is 0 Å². The van der Waals surface area contributed by atoms with Crippen LogP contribution in [0.25, 0.3) is 0 Å². The van der Waals surface area contributed by atoms with E-state index in [1.54, 1.807) is 18.1 Å². The summed E-state index contributed by atoms with van der Waals surface area (Å²) >= 11 is 5.75. The van der Waals surface area contributed by atoms with E-state index in [0.717, 1.165) is 11.1 Å². The number of amides is 1. The number of alkyl halides is 1. The number of methoxy groups -OCH3 is 1. The van der Waals surface area contributed by atoms with Crippen LogP contribution in [-0.2, 0) is 13.2 Å². The van der Waals surface area contributed by atoms with Gasteiger partial charge in [0.2, 0.25) is 0 Å². The first kappa shape index (κ1) is 15.7. The number of hydrogen-bond acceptors (Lipinski definition) is 3. The highest BCUT2D eigenvalue weighted by Gasteiger charge is 2.28. The Hall–Kier alpha value is -2.20. The predicted molar refractivity (Wildman–Crippen MR) is 89.2 cm³/mol. The molecule has 0 atom stereocenters. The maximum atomic E-state index is 12.3. The van der Waals surface area contributed by atoms with Gasteiger partial charge in [0.05, 0.1) is 7.11 Å². The average Bonchev–Trinajstić information content (AvgIpc) is 2.89. The summed E-state index contributed by atoms with van der Waals surface area (Å²) in [5.41, 5.74) is 2.69. The van der Waals surface area contributed by atoms with Crippen LogP contribution in [-0.4, -0.2) is 30.3 Å². The zero-order valence-corrected chi connectivity index (χ0v) is 13.7. The Bertz CT molecular complexity index is 703. The minimum absolute atomic E-state index is 0.00596. The highest BCUT2D eigenvalue weighted by Crippen LogP contribution is 2.35. The van der Waals surface area contributed by atoms with Crippen LogP contribution in [0.3, 0.4) is 0 Å². The second-order valence-corrected chi connectivity index (χ2v) is 5.73. The molecule has 0 aromatic heterocycles. The molecule has 0 unspecified atom stereocenters. The van der Waals surface area contributed by atoms with E-state index in [4.69, 9.17) is 21.1 Å². The Morgan fingerprint density at radius 2 is 1.96 bits per heavy atom. The molecule has 2 aromatic carbocycles. The first-order valence-corrected chi connectivity index (χ1v) is 7.99. The van der Waals surface area contributed by atoms with Gasteiger partial charge in [0.1, 0.15) is 6.61 Å². The van der Waals surface area contributed by atoms with Crippen molar-refractivity contribution in [2.75, 3.05) is 19.5 Å². The monoisotopic (exact) mass is 331 g/mol. The molecule has 1 aliphatic heterocycles. The number of nitrogens with zero attached hydrogens (tertiary/aromatic N) is 1. The van der Waals surface area contributed by atoms with Gasteiger partial charge >= 0.3 is 0 Å². The lowest BCUT2D eigenvalue weighted by atomic mass is 10.1. The van der Waals surface area contributed by atoms with Gasteiger partial charge in [-0.1, -0.05) is 30.3 Å². The van der Waals surface area contributed by atoms with Crippen LogP contribution in [0.4, 0.5) is 0 Å². The van der Waals surface area contributed by atoms with Gasteiger partial charge in [0, 0.05) is 24.5 Å². The Balaban J connectivity index is 1.82. The number of fused-ring (bicyclic) bond motifs is 1. The smallest absolute Gasteiger partial charge is 0.254 e. The third kappa shape index (κ3) is 3.27. The molecule has 23 heavy (non-hydrogen) atoms. The van der Waals surface area contributed by atoms with Crippen LogP contribution >= 0.6 is 11.6 Å². The molecule has 3 rings (SSSR count). The van der Waals surface area contributed by atoms with E-state index in [1.165, 1.54) is 0 Å². The molecule has 0 N–H and O–H groups in total. The van der Waals surface area contributed by atoms with Gasteiger partial charge in [-0.2, -0.15) is 0 Å². The lowest BCUT2D eigenvalue weighted by Crippen LogP contribution is -2.25. The summed E-state index contributed by atoms with van der Waals surface area (Å²) in [7, 11) is 1.58. The molecule has 2 aromatic rings. The van der Waals surface area contributed by atoms with Crippen LogP contribution in [0.15, 0.2) is 42.5 Å². The maximum Gasteiger partial charge on any atom is 0.254 e. The van der Waals surface area contributed by atoms with Gasteiger partial charge in [-0.3, -0.25) is 4.79 Å². The lowest BCUT2D eigenvalue weighted by Gasteiger charge is -2.12. The van der Waals surface area contributed by atoms with Crippen molar-refractivity contribution >= 4 is 17.5 Å². The third-order valence-electron chi connectivity index (χ3n) is 3.86. The largest absolute Gasteiger partial charge is 0.493 e. The number of rotatable bonds is 6. The quantitative estimate of drug-likeness (QED) is 0.761. The van der Waals surface area contributed by atoms with Crippen LogP contribution in [0.2, 0.25) is 0 Å². The van der Waals surface area contributed by atoms with Crippen molar-refractivity contribution < 1.29 is 14.3 Å². The molecule has 0 fully saturated rings. The zero-order chi connectivity index (χ0) is 16.2. The fourth-order valence-electron chi connectivity index (χ4n) is 2.67. The molecular formula is C18H18ClNO3. The summed E-state index contributed by atoms with van der Waals surface area (Å²) in [5.74, 6) is 1.64. The van der Waals surface area contributed by atoms with Crippen molar-refractivity contribution in [1.82, 2.24) is 4.90 Å². The van der Waals surface area contributed by atoms with E-state index >= 15 is 0 Å². The Kier molecular flexibility index (Phi) is 4.72. The minimum Gasteiger partial charge on any atom is -0.493 e. The van der Waals surface area contributed by atoms with Crippen molar-refractivity contribution in [3.8, 4) is 11.5 Å². The summed E-state index contributed by atoms with van der Waals surface area (Å²) in [6.07, 6.45) is 0. The Morgan fingerprint density at radius 1 is 1.17 bits per heavy atom. The van der Waals surface area contributed by atoms with Crippen LogP contribution in [0.1, 0.15) is 21.5 Å². The van der Waals surface area contributed by atoms with Crippen molar-refractivity contribution in [2.24, 2.45) is 0 Å². The van der Waals surface area contributed by atoms with Gasteiger partial charge in [-0.05, 0) is 23.3 Å². The van der Waals surface area contributed by atoms with Crippen LogP contribution in [0.5, 0.6) is 11.5 Å². The highest BCUT2D eigenvalue weighted by molar-refractivity contribution is 6.18. The van der Waals surface area contributed by atoms with Gasteiger partial charge in [-0.15, -0.1) is 11.6 Å². The van der Waals surface area contributed by atoms with E-state index in [2.05, 4.69) is 0 Å². The zero-order valence-electron chi connectivity index (χ0n) is 12.9. The molecule has 4 nitrogen and oxygen atoms in total. The molecule has 0 saturated heterocycles. The van der Waals surface area contributed by atoms with E-state index in [1.807, 2.05) is 36.4 Å². The first-order valence-electron chi connectivity index (χ1n) is 7.46. The number of carbonyl (C=O) groups excluding carboxylic acids is 1. The fraction of sp³-hybridized carbons (Fsp3) is 0.278. The summed E-state index contributed by atoms with van der Waals surface area (Å²) in [6, 6.07) is 13.6. The number of benzene rings is 2. The summed E-state index contributed by atoms with van der Waals surface area (Å²) in [4.78, 5) is 14.1. The molecule has 0 bridgehead atoms. The van der Waals surface area contributed by atoms with Gasteiger partial charge in [0.15, 0.2) is 11.5 Å². The van der Waals surface area contributed by atoms with Gasteiger partial charge < -0.3 is 14.4 Å². The van der Waals surface area contributed by atoms with Crippen molar-refractivity contribution in [2.45, 2.75) is 13.2 Å². The average molecular weight is 332 g/mol. The summed E-state index contributed by atoms with van der Waals surface area (Å²) in [6.45, 7) is 1.56. The van der Waals surface area contributed by atoms with Crippen molar-refractivity contribution in [3.05, 3.63) is 59.2 Å². The molecule has 1 amide bonds. The lowest BCUT2D eigenvalue weighted by molar-refractivity contribution is 0.0788. The third-order valence-corrected chi connectivity index (χ3v) is 4.03. The van der Waals surface area contributed by atoms with Crippen molar-refractivity contribution in [3.63, 3.8) is 0 Å². The SMILES string of the molecule is COc1cc2c(cc1OCc1ccccc1)CN(CCCl)C2=O. The number of ether oxygens (including phenoxy) is 2. The second-order valence-electron chi connectivity index (χ2n) is 5.35. The maximum absolute atomic E-state index is 12.3. The van der Waals surface area contributed by atoms with E-state index in [9.17, 15) is 4.79 Å². The normalized spacial score (nSPS) is 13.1. The molecular weight excluding hydrogens is 314 g/mol. The first-order chi connectivity index (χ1) is 11.2. The van der Waals surface area contributed by atoms with Crippen molar-refractivity contribution in [1.29, 1.82) is 0 Å². The van der Waals surface area contributed by atoms with E-state index in [-0.39, 0.29) is 5.91 Å². The molecule has 0 saturated carbocycles. The highest BCUT2D eigenvalue weighted by atomic mass is 35.5. The summed E-state index contributed by atoms with van der Waals surface area (Å²) < 4.78 is 11.3. The van der Waals surface area contributed by atoms with E-state index in [0.29, 0.717) is 42.6 Å². The Labute approximate surface area is 140 Å². The molecule has 5 heteroatoms. The summed E-state index contributed by atoms with van der Waals surface area (Å²) in [5, 5.41) is 0. The Morgan fingerprint density at radius 3 is 2.65 bits per heavy atom. The molecule has 0 radical (unpaired) electrons. The van der Waals surface area contributed by atoms with Crippen LogP contribution in [0, 0.1) is 0 Å². The molecule has 0 spiro atoms. The van der Waals surface area contributed by atoms with E-state index < -0.39 is 0 Å². The second kappa shape index (κ2) is 6.92. The standard InChI is InChI=1S/C18H18ClNO3/c1-22-16-10-15-14(11-20(8-7-19)18(15)21)9-17(16)23-12-13-5-3-2-4-6-13/h2-6,9-10H,7-8,11-12H2,1H3. The fourth-order valence-corrected chi connectivity index (χ4v) is 2.87. The molecule has 120 valence electrons. The minimum atomic E-state index is -0.00596. The molecule has 0 aliphatic carbocycles.